The second kappa shape index (κ2) is 7.07. The Bertz CT molecular complexity index is 422. The third-order valence-corrected chi connectivity index (χ3v) is 3.95. The number of hydrogen-bond acceptors (Lipinski definition) is 5. The summed E-state index contributed by atoms with van der Waals surface area (Å²) in [5.74, 6) is 5.48. The highest BCUT2D eigenvalue weighted by Crippen LogP contribution is 2.03. The van der Waals surface area contributed by atoms with Crippen molar-refractivity contribution < 1.29 is 9.00 Å². The van der Waals surface area contributed by atoms with E-state index in [0.717, 1.165) is 0 Å². The largest absolute Gasteiger partial charge is 0.352 e. The first-order valence-electron chi connectivity index (χ1n) is 5.57. The standard InChI is InChI=1S/C11H18N4O2S/c1-8(18(2)17)5-6-13-11(16)9-3-4-10(15-12)14-7-9/h3-4,7-8H,5-6,12H2,1-2H3,(H,13,16)(H,14,15). The molecule has 1 aromatic heterocycles. The summed E-state index contributed by atoms with van der Waals surface area (Å²) in [7, 11) is -0.860. The van der Waals surface area contributed by atoms with Crippen LogP contribution in [-0.2, 0) is 10.8 Å². The summed E-state index contributed by atoms with van der Waals surface area (Å²) in [4.78, 5) is 15.7. The van der Waals surface area contributed by atoms with Gasteiger partial charge in [0.2, 0.25) is 0 Å². The summed E-state index contributed by atoms with van der Waals surface area (Å²) < 4.78 is 11.1. The highest BCUT2D eigenvalue weighted by atomic mass is 32.2. The number of rotatable bonds is 6. The number of aromatic nitrogens is 1. The predicted octanol–water partition coefficient (Wildman–Crippen LogP) is 0.254. The van der Waals surface area contributed by atoms with E-state index < -0.39 is 10.8 Å². The van der Waals surface area contributed by atoms with Gasteiger partial charge >= 0.3 is 0 Å². The highest BCUT2D eigenvalue weighted by molar-refractivity contribution is 7.84. The topological polar surface area (TPSA) is 97.1 Å². The van der Waals surface area contributed by atoms with Gasteiger partial charge in [0, 0.05) is 35.0 Å². The van der Waals surface area contributed by atoms with Crippen molar-refractivity contribution in [3.63, 3.8) is 0 Å². The van der Waals surface area contributed by atoms with Gasteiger partial charge in [0.05, 0.1) is 5.56 Å². The zero-order valence-electron chi connectivity index (χ0n) is 10.5. The van der Waals surface area contributed by atoms with Crippen molar-refractivity contribution in [1.82, 2.24) is 10.3 Å². The number of amides is 1. The van der Waals surface area contributed by atoms with Crippen LogP contribution in [0.5, 0.6) is 0 Å². The summed E-state index contributed by atoms with van der Waals surface area (Å²) in [6.07, 6.45) is 3.80. The van der Waals surface area contributed by atoms with E-state index >= 15 is 0 Å². The molecular formula is C11H18N4O2S. The minimum absolute atomic E-state index is 0.0761. The molecule has 1 aromatic rings. The first-order valence-corrected chi connectivity index (χ1v) is 7.19. The van der Waals surface area contributed by atoms with Crippen molar-refractivity contribution in [2.24, 2.45) is 5.84 Å². The quantitative estimate of drug-likeness (QED) is 0.509. The molecule has 2 unspecified atom stereocenters. The van der Waals surface area contributed by atoms with Crippen LogP contribution < -0.4 is 16.6 Å². The number of pyridine rings is 1. The molecule has 6 nitrogen and oxygen atoms in total. The Morgan fingerprint density at radius 3 is 2.78 bits per heavy atom. The zero-order valence-corrected chi connectivity index (χ0v) is 11.3. The normalized spacial score (nSPS) is 13.7. The van der Waals surface area contributed by atoms with Crippen LogP contribution in [0.25, 0.3) is 0 Å². The van der Waals surface area contributed by atoms with Crippen molar-refractivity contribution in [1.29, 1.82) is 0 Å². The van der Waals surface area contributed by atoms with Gasteiger partial charge in [-0.25, -0.2) is 10.8 Å². The van der Waals surface area contributed by atoms with Crippen LogP contribution in [0.15, 0.2) is 18.3 Å². The fourth-order valence-electron chi connectivity index (χ4n) is 1.27. The fraction of sp³-hybridized carbons (Fsp3) is 0.455. The van der Waals surface area contributed by atoms with Crippen molar-refractivity contribution in [3.8, 4) is 0 Å². The molecule has 7 heteroatoms. The number of hydrazine groups is 1. The maximum atomic E-state index is 11.7. The number of hydrogen-bond donors (Lipinski definition) is 3. The van der Waals surface area contributed by atoms with Gasteiger partial charge in [0.25, 0.3) is 5.91 Å². The first-order chi connectivity index (χ1) is 8.54. The zero-order chi connectivity index (χ0) is 13.5. The van der Waals surface area contributed by atoms with Gasteiger partial charge in [-0.15, -0.1) is 0 Å². The van der Waals surface area contributed by atoms with Crippen molar-refractivity contribution in [3.05, 3.63) is 23.9 Å². The molecule has 1 heterocycles. The lowest BCUT2D eigenvalue weighted by Crippen LogP contribution is -2.27. The van der Waals surface area contributed by atoms with Crippen LogP contribution in [0.4, 0.5) is 5.82 Å². The lowest BCUT2D eigenvalue weighted by atomic mass is 10.2. The molecule has 0 spiro atoms. The molecule has 0 radical (unpaired) electrons. The van der Waals surface area contributed by atoms with Gasteiger partial charge in [-0.1, -0.05) is 6.92 Å². The van der Waals surface area contributed by atoms with Gasteiger partial charge in [0.1, 0.15) is 5.82 Å². The molecular weight excluding hydrogens is 252 g/mol. The molecule has 18 heavy (non-hydrogen) atoms. The SMILES string of the molecule is CC(CCNC(=O)c1ccc(NN)nc1)S(C)=O. The van der Waals surface area contributed by atoms with E-state index in [-0.39, 0.29) is 11.2 Å². The number of carbonyl (C=O) groups excluding carboxylic acids is 1. The molecule has 0 aliphatic carbocycles. The van der Waals surface area contributed by atoms with E-state index in [1.165, 1.54) is 6.20 Å². The summed E-state index contributed by atoms with van der Waals surface area (Å²) >= 11 is 0. The molecule has 0 aliphatic rings. The summed E-state index contributed by atoms with van der Waals surface area (Å²) in [6, 6.07) is 3.26. The summed E-state index contributed by atoms with van der Waals surface area (Å²) in [5.41, 5.74) is 2.86. The highest BCUT2D eigenvalue weighted by Gasteiger charge is 2.08. The van der Waals surface area contributed by atoms with E-state index in [0.29, 0.717) is 24.3 Å². The molecule has 4 N–H and O–H groups in total. The number of nitrogens with one attached hydrogen (secondary N) is 2. The van der Waals surface area contributed by atoms with Crippen LogP contribution in [0, 0.1) is 0 Å². The average molecular weight is 270 g/mol. The summed E-state index contributed by atoms with van der Waals surface area (Å²) in [5, 5.41) is 2.83. The molecule has 0 aliphatic heterocycles. The second-order valence-electron chi connectivity index (χ2n) is 3.93. The predicted molar refractivity (Wildman–Crippen MR) is 72.5 cm³/mol. The number of nitrogens with zero attached hydrogens (tertiary/aromatic N) is 1. The van der Waals surface area contributed by atoms with E-state index in [9.17, 15) is 9.00 Å². The Morgan fingerprint density at radius 2 is 2.28 bits per heavy atom. The van der Waals surface area contributed by atoms with E-state index in [1.807, 2.05) is 6.92 Å². The van der Waals surface area contributed by atoms with Crippen molar-refractivity contribution in [2.75, 3.05) is 18.2 Å². The summed E-state index contributed by atoms with van der Waals surface area (Å²) in [6.45, 7) is 2.39. The third kappa shape index (κ3) is 4.42. The number of nitrogens with two attached hydrogens (primary N) is 1. The Kier molecular flexibility index (Phi) is 5.73. The lowest BCUT2D eigenvalue weighted by molar-refractivity contribution is 0.0953. The molecule has 0 fully saturated rings. The van der Waals surface area contributed by atoms with E-state index in [4.69, 9.17) is 5.84 Å². The Hall–Kier alpha value is -1.47. The van der Waals surface area contributed by atoms with Crippen LogP contribution in [0.3, 0.4) is 0 Å². The minimum atomic E-state index is -0.860. The maximum Gasteiger partial charge on any atom is 0.252 e. The molecule has 1 amide bonds. The lowest BCUT2D eigenvalue weighted by Gasteiger charge is -2.09. The maximum absolute atomic E-state index is 11.7. The molecule has 0 bridgehead atoms. The van der Waals surface area contributed by atoms with Crippen molar-refractivity contribution >= 4 is 22.5 Å². The Balaban J connectivity index is 2.42. The third-order valence-electron chi connectivity index (χ3n) is 2.58. The average Bonchev–Trinajstić information content (AvgIpc) is 2.38. The molecule has 100 valence electrons. The molecule has 1 rings (SSSR count). The van der Waals surface area contributed by atoms with Gasteiger partial charge in [0.15, 0.2) is 0 Å². The second-order valence-corrected chi connectivity index (χ2v) is 5.73. The molecule has 0 aromatic carbocycles. The monoisotopic (exact) mass is 270 g/mol. The number of anilines is 1. The van der Waals surface area contributed by atoms with Gasteiger partial charge < -0.3 is 10.7 Å². The minimum Gasteiger partial charge on any atom is -0.352 e. The number of carbonyl (C=O) groups is 1. The number of nitrogen functional groups attached to an aromatic ring is 1. The Labute approximate surface area is 109 Å². The Morgan fingerprint density at radius 1 is 1.56 bits per heavy atom. The first kappa shape index (κ1) is 14.6. The van der Waals surface area contributed by atoms with E-state index in [1.54, 1.807) is 18.4 Å². The molecule has 0 saturated heterocycles. The van der Waals surface area contributed by atoms with Gasteiger partial charge in [-0.2, -0.15) is 0 Å². The van der Waals surface area contributed by atoms with Gasteiger partial charge in [-0.05, 0) is 18.6 Å². The van der Waals surface area contributed by atoms with E-state index in [2.05, 4.69) is 15.7 Å². The smallest absolute Gasteiger partial charge is 0.252 e. The molecule has 2 atom stereocenters. The van der Waals surface area contributed by atoms with Crippen LogP contribution in [0.2, 0.25) is 0 Å². The van der Waals surface area contributed by atoms with Gasteiger partial charge in [-0.3, -0.25) is 9.00 Å². The van der Waals surface area contributed by atoms with Crippen LogP contribution in [-0.4, -0.2) is 33.2 Å². The molecule has 0 saturated carbocycles. The fourth-order valence-corrected chi connectivity index (χ4v) is 1.72. The van der Waals surface area contributed by atoms with Crippen LogP contribution >= 0.6 is 0 Å². The van der Waals surface area contributed by atoms with Crippen LogP contribution in [0.1, 0.15) is 23.7 Å². The van der Waals surface area contributed by atoms with Crippen molar-refractivity contribution in [2.45, 2.75) is 18.6 Å².